The molecule has 0 unspecified atom stereocenters. The third-order valence-corrected chi connectivity index (χ3v) is 2.91. The Balaban J connectivity index is 2.44. The average Bonchev–Trinajstić information content (AvgIpc) is 2.64. The van der Waals surface area contributed by atoms with Gasteiger partial charge in [-0.3, -0.25) is 0 Å². The van der Waals surface area contributed by atoms with Crippen molar-refractivity contribution < 1.29 is 0 Å². The molecule has 1 aliphatic heterocycles. The first-order valence-corrected chi connectivity index (χ1v) is 4.94. The van der Waals surface area contributed by atoms with Gasteiger partial charge in [0.15, 0.2) is 10.2 Å². The molecular formula is C7H14N4S2. The Hall–Kier alpha value is -0.620. The van der Waals surface area contributed by atoms with Crippen LogP contribution in [0.25, 0.3) is 0 Å². The molecule has 0 saturated carbocycles. The zero-order chi connectivity index (χ0) is 9.84. The van der Waals surface area contributed by atoms with Crippen molar-refractivity contribution in [2.45, 2.75) is 0 Å². The molecule has 0 aromatic heterocycles. The molecule has 0 aromatic rings. The van der Waals surface area contributed by atoms with E-state index in [9.17, 15) is 0 Å². The first kappa shape index (κ1) is 10.5. The van der Waals surface area contributed by atoms with E-state index in [-0.39, 0.29) is 0 Å². The summed E-state index contributed by atoms with van der Waals surface area (Å²) in [5, 5.41) is 7.46. The molecule has 0 aliphatic carbocycles. The lowest BCUT2D eigenvalue weighted by atomic mass is 10.6. The zero-order valence-electron chi connectivity index (χ0n) is 7.83. The Bertz CT molecular complexity index is 197. The number of nitrogens with one attached hydrogen (secondary N) is 2. The molecular weight excluding hydrogens is 204 g/mol. The van der Waals surface area contributed by atoms with Crippen molar-refractivity contribution in [3.8, 4) is 0 Å². The lowest BCUT2D eigenvalue weighted by molar-refractivity contribution is 0.418. The highest BCUT2D eigenvalue weighted by molar-refractivity contribution is 7.80. The van der Waals surface area contributed by atoms with Gasteiger partial charge in [0.1, 0.15) is 0 Å². The molecule has 0 amide bonds. The first-order valence-electron chi connectivity index (χ1n) is 4.12. The molecule has 1 aliphatic rings. The minimum Gasteiger partial charge on any atom is -0.366 e. The van der Waals surface area contributed by atoms with Crippen LogP contribution >= 0.6 is 24.4 Å². The van der Waals surface area contributed by atoms with E-state index in [0.29, 0.717) is 0 Å². The number of nitrogens with zero attached hydrogens (tertiary/aromatic N) is 2. The van der Waals surface area contributed by atoms with Gasteiger partial charge < -0.3 is 20.4 Å². The van der Waals surface area contributed by atoms with Crippen molar-refractivity contribution in [3.05, 3.63) is 0 Å². The van der Waals surface area contributed by atoms with Crippen LogP contribution in [0.2, 0.25) is 0 Å². The summed E-state index contributed by atoms with van der Waals surface area (Å²) in [7, 11) is 3.67. The molecule has 74 valence electrons. The molecule has 1 fully saturated rings. The Labute approximate surface area is 89.3 Å². The van der Waals surface area contributed by atoms with E-state index in [4.69, 9.17) is 24.4 Å². The van der Waals surface area contributed by atoms with Crippen molar-refractivity contribution in [2.24, 2.45) is 0 Å². The summed E-state index contributed by atoms with van der Waals surface area (Å²) in [6.45, 7) is 2.64. The number of hydrogen-bond acceptors (Lipinski definition) is 2. The quantitative estimate of drug-likeness (QED) is 0.537. The smallest absolute Gasteiger partial charge is 0.170 e. The molecule has 4 nitrogen and oxygen atoms in total. The van der Waals surface area contributed by atoms with Crippen LogP contribution in [0.3, 0.4) is 0 Å². The highest BCUT2D eigenvalue weighted by Gasteiger charge is 2.22. The normalized spacial score (nSPS) is 15.8. The summed E-state index contributed by atoms with van der Waals surface area (Å²) < 4.78 is 0. The second-order valence-corrected chi connectivity index (χ2v) is 3.55. The van der Waals surface area contributed by atoms with Crippen LogP contribution in [-0.2, 0) is 0 Å². The van der Waals surface area contributed by atoms with Gasteiger partial charge >= 0.3 is 0 Å². The van der Waals surface area contributed by atoms with Crippen LogP contribution in [0.4, 0.5) is 0 Å². The van der Waals surface area contributed by atoms with E-state index in [0.717, 1.165) is 30.0 Å². The molecule has 1 heterocycles. The fourth-order valence-corrected chi connectivity index (χ4v) is 1.53. The Morgan fingerprint density at radius 2 is 1.38 bits per heavy atom. The second-order valence-electron chi connectivity index (χ2n) is 2.78. The number of rotatable bonds is 0. The van der Waals surface area contributed by atoms with Gasteiger partial charge in [-0.15, -0.1) is 0 Å². The molecule has 0 radical (unpaired) electrons. The van der Waals surface area contributed by atoms with Gasteiger partial charge in [-0.2, -0.15) is 0 Å². The van der Waals surface area contributed by atoms with Crippen molar-refractivity contribution in [2.75, 3.05) is 33.9 Å². The van der Waals surface area contributed by atoms with E-state index in [1.54, 1.807) is 0 Å². The minimum absolute atomic E-state index is 0.777. The third kappa shape index (κ3) is 2.41. The topological polar surface area (TPSA) is 30.5 Å². The number of hydrogen-bond donors (Lipinski definition) is 2. The van der Waals surface area contributed by atoms with Crippen molar-refractivity contribution in [1.82, 2.24) is 20.4 Å². The molecule has 1 saturated heterocycles. The maximum Gasteiger partial charge on any atom is 0.170 e. The molecule has 6 heteroatoms. The van der Waals surface area contributed by atoms with E-state index in [1.165, 1.54) is 0 Å². The van der Waals surface area contributed by atoms with Crippen LogP contribution in [0.5, 0.6) is 0 Å². The average molecular weight is 218 g/mol. The highest BCUT2D eigenvalue weighted by atomic mass is 32.1. The Morgan fingerprint density at radius 3 is 1.69 bits per heavy atom. The SMILES string of the molecule is CNC(=S)N1CCN(C(=S)NC)C1. The highest BCUT2D eigenvalue weighted by Crippen LogP contribution is 2.04. The summed E-state index contributed by atoms with van der Waals surface area (Å²) in [6, 6.07) is 0. The van der Waals surface area contributed by atoms with Crippen molar-refractivity contribution in [3.63, 3.8) is 0 Å². The molecule has 2 N–H and O–H groups in total. The van der Waals surface area contributed by atoms with Crippen LogP contribution in [0, 0.1) is 0 Å². The molecule has 0 atom stereocenters. The summed E-state index contributed by atoms with van der Waals surface area (Å²) >= 11 is 10.2. The minimum atomic E-state index is 0.777. The Morgan fingerprint density at radius 1 is 1.00 bits per heavy atom. The van der Waals surface area contributed by atoms with Gasteiger partial charge in [0.2, 0.25) is 0 Å². The van der Waals surface area contributed by atoms with Crippen LogP contribution < -0.4 is 10.6 Å². The predicted molar refractivity (Wildman–Crippen MR) is 61.6 cm³/mol. The number of thiocarbonyl (C=S) groups is 2. The standard InChI is InChI=1S/C7H14N4S2/c1-8-6(12)10-3-4-11(5-10)7(13)9-2/h3-5H2,1-2H3,(H,8,12)(H,9,13). The lowest BCUT2D eigenvalue weighted by Crippen LogP contribution is -2.40. The van der Waals surface area contributed by atoms with Crippen LogP contribution in [-0.4, -0.2) is 53.9 Å². The summed E-state index contributed by atoms with van der Waals surface area (Å²) in [5.74, 6) is 0. The molecule has 0 aromatic carbocycles. The third-order valence-electron chi connectivity index (χ3n) is 1.98. The largest absolute Gasteiger partial charge is 0.366 e. The predicted octanol–water partition coefficient (Wildman–Crippen LogP) is -0.430. The van der Waals surface area contributed by atoms with Gasteiger partial charge in [-0.05, 0) is 24.4 Å². The van der Waals surface area contributed by atoms with Crippen molar-refractivity contribution >= 4 is 34.7 Å². The van der Waals surface area contributed by atoms with Gasteiger partial charge in [0.25, 0.3) is 0 Å². The molecule has 13 heavy (non-hydrogen) atoms. The van der Waals surface area contributed by atoms with Gasteiger partial charge in [-0.1, -0.05) is 0 Å². The monoisotopic (exact) mass is 218 g/mol. The van der Waals surface area contributed by atoms with E-state index >= 15 is 0 Å². The first-order chi connectivity index (χ1) is 6.19. The van der Waals surface area contributed by atoms with Crippen LogP contribution in [0.1, 0.15) is 0 Å². The molecule has 0 bridgehead atoms. The summed E-state index contributed by atoms with van der Waals surface area (Å²) in [5.41, 5.74) is 0. The van der Waals surface area contributed by atoms with Gasteiger partial charge in [0.05, 0.1) is 6.67 Å². The molecule has 1 rings (SSSR count). The van der Waals surface area contributed by atoms with Gasteiger partial charge in [0, 0.05) is 27.2 Å². The van der Waals surface area contributed by atoms with E-state index in [1.807, 2.05) is 14.1 Å². The van der Waals surface area contributed by atoms with Crippen molar-refractivity contribution in [1.29, 1.82) is 0 Å². The van der Waals surface area contributed by atoms with E-state index < -0.39 is 0 Å². The summed E-state index contributed by atoms with van der Waals surface area (Å²) in [4.78, 5) is 4.16. The zero-order valence-corrected chi connectivity index (χ0v) is 9.47. The maximum atomic E-state index is 5.12. The van der Waals surface area contributed by atoms with Crippen LogP contribution in [0.15, 0.2) is 0 Å². The molecule has 0 spiro atoms. The Kier molecular flexibility index (Phi) is 3.68. The van der Waals surface area contributed by atoms with Gasteiger partial charge in [-0.25, -0.2) is 0 Å². The summed E-state index contributed by atoms with van der Waals surface area (Å²) in [6.07, 6.45) is 0. The maximum absolute atomic E-state index is 5.12. The second kappa shape index (κ2) is 4.57. The van der Waals surface area contributed by atoms with E-state index in [2.05, 4.69) is 20.4 Å². The fraction of sp³-hybridized carbons (Fsp3) is 0.714. The lowest BCUT2D eigenvalue weighted by Gasteiger charge is -2.21. The fourth-order valence-electron chi connectivity index (χ4n) is 1.24.